The number of imidazole rings is 1. The van der Waals surface area contributed by atoms with Crippen LogP contribution in [0.15, 0.2) is 30.6 Å². The topological polar surface area (TPSA) is 73.9 Å². The minimum absolute atomic E-state index is 0.112. The van der Waals surface area contributed by atoms with Gasteiger partial charge < -0.3 is 15.2 Å². The number of carbonyl (C=O) groups excluding carboxylic acids is 1. The van der Waals surface area contributed by atoms with Gasteiger partial charge in [0, 0.05) is 31.2 Å². The number of rotatable bonds is 2. The van der Waals surface area contributed by atoms with E-state index in [0.29, 0.717) is 5.56 Å². The number of aromatic nitrogens is 3. The Morgan fingerprint density at radius 1 is 1.33 bits per heavy atom. The van der Waals surface area contributed by atoms with Crippen LogP contribution in [-0.2, 0) is 13.0 Å². The highest BCUT2D eigenvalue weighted by atomic mass is 16.1. The lowest BCUT2D eigenvalue weighted by atomic mass is 9.97. The molecule has 0 radical (unpaired) electrons. The van der Waals surface area contributed by atoms with Crippen LogP contribution in [0.2, 0.25) is 0 Å². The number of nitrogens with zero attached hydrogens (tertiary/aromatic N) is 3. The van der Waals surface area contributed by atoms with E-state index in [1.807, 2.05) is 31.3 Å². The number of hydrogen-bond donors (Lipinski definition) is 2. The van der Waals surface area contributed by atoms with Crippen molar-refractivity contribution in [2.45, 2.75) is 19.9 Å². The highest BCUT2D eigenvalue weighted by Crippen LogP contribution is 2.22. The summed E-state index contributed by atoms with van der Waals surface area (Å²) in [5.74, 6) is 0.749. The summed E-state index contributed by atoms with van der Waals surface area (Å²) in [6.07, 6.45) is 4.40. The van der Waals surface area contributed by atoms with Crippen molar-refractivity contribution in [3.8, 4) is 0 Å². The third kappa shape index (κ3) is 2.65. The van der Waals surface area contributed by atoms with Crippen LogP contribution in [0, 0.1) is 6.92 Å². The molecule has 0 saturated carbocycles. The summed E-state index contributed by atoms with van der Waals surface area (Å²) in [4.78, 5) is 26.8. The summed E-state index contributed by atoms with van der Waals surface area (Å²) in [5.41, 5.74) is 5.48. The molecular weight excluding hydrogens is 302 g/mol. The van der Waals surface area contributed by atoms with Crippen LogP contribution in [0.1, 0.15) is 27.3 Å². The number of hydrogen-bond acceptors (Lipinski definition) is 4. The molecule has 2 N–H and O–H groups in total. The Kier molecular flexibility index (Phi) is 3.54. The largest absolute Gasteiger partial charge is 0.342 e. The van der Waals surface area contributed by atoms with Gasteiger partial charge in [-0.15, -0.1) is 0 Å². The smallest absolute Gasteiger partial charge is 0.257 e. The third-order valence-corrected chi connectivity index (χ3v) is 4.43. The number of fused-ring (bicyclic) bond motifs is 2. The molecule has 3 heterocycles. The van der Waals surface area contributed by atoms with Gasteiger partial charge in [0.05, 0.1) is 16.6 Å². The third-order valence-electron chi connectivity index (χ3n) is 4.43. The van der Waals surface area contributed by atoms with E-state index < -0.39 is 0 Å². The summed E-state index contributed by atoms with van der Waals surface area (Å²) < 4.78 is 0. The number of anilines is 1. The minimum Gasteiger partial charge on any atom is -0.342 e. The molecule has 6 nitrogen and oxygen atoms in total. The van der Waals surface area contributed by atoms with Gasteiger partial charge in [-0.25, -0.2) is 4.98 Å². The number of nitrogens with one attached hydrogen (secondary N) is 2. The number of aromatic amines is 1. The summed E-state index contributed by atoms with van der Waals surface area (Å²) in [7, 11) is 2.08. The second kappa shape index (κ2) is 5.72. The summed E-state index contributed by atoms with van der Waals surface area (Å²) in [5, 5.41) is 2.98. The van der Waals surface area contributed by atoms with Gasteiger partial charge in [-0.2, -0.15) is 0 Å². The first-order valence-electron chi connectivity index (χ1n) is 8.02. The number of pyridine rings is 1. The van der Waals surface area contributed by atoms with Crippen LogP contribution in [-0.4, -0.2) is 39.4 Å². The average Bonchev–Trinajstić information content (AvgIpc) is 2.93. The minimum atomic E-state index is -0.112. The molecule has 0 fully saturated rings. The maximum absolute atomic E-state index is 12.7. The maximum Gasteiger partial charge on any atom is 0.257 e. The van der Waals surface area contributed by atoms with E-state index in [0.717, 1.165) is 53.2 Å². The first-order chi connectivity index (χ1) is 11.6. The monoisotopic (exact) mass is 321 g/mol. The predicted octanol–water partition coefficient (Wildman–Crippen LogP) is 2.51. The van der Waals surface area contributed by atoms with Crippen LogP contribution >= 0.6 is 0 Å². The second-order valence-corrected chi connectivity index (χ2v) is 6.32. The molecule has 0 saturated heterocycles. The van der Waals surface area contributed by atoms with Gasteiger partial charge in [-0.05, 0) is 49.7 Å². The Balaban J connectivity index is 1.63. The molecule has 1 aliphatic heterocycles. The zero-order valence-corrected chi connectivity index (χ0v) is 13.8. The van der Waals surface area contributed by atoms with Gasteiger partial charge in [-0.3, -0.25) is 9.78 Å². The van der Waals surface area contributed by atoms with E-state index in [9.17, 15) is 4.79 Å². The number of benzene rings is 1. The zero-order valence-electron chi connectivity index (χ0n) is 13.8. The molecule has 1 amide bonds. The number of likely N-dealkylation sites (N-methyl/N-ethyl adjacent to an activating group) is 1. The molecule has 3 aromatic rings. The zero-order chi connectivity index (χ0) is 16.7. The molecule has 122 valence electrons. The number of aryl methyl sites for hydroxylation is 1. The van der Waals surface area contributed by atoms with E-state index in [2.05, 4.69) is 32.2 Å². The standard InChI is InChI=1S/C18H19N5O/c1-11-20-16-4-3-13(7-17(16)21-11)22-18(24)15-9-19-8-12-10-23(2)6-5-14(12)15/h3-4,7-9H,5-6,10H2,1-2H3,(H,20,21)(H,22,24). The van der Waals surface area contributed by atoms with Crippen molar-refractivity contribution in [2.75, 3.05) is 18.9 Å². The number of amides is 1. The fourth-order valence-electron chi connectivity index (χ4n) is 3.24. The molecule has 6 heteroatoms. The quantitative estimate of drug-likeness (QED) is 0.760. The van der Waals surface area contributed by atoms with Gasteiger partial charge in [0.2, 0.25) is 0 Å². The van der Waals surface area contributed by atoms with Crippen LogP contribution in [0.3, 0.4) is 0 Å². The second-order valence-electron chi connectivity index (χ2n) is 6.32. The molecule has 1 aliphatic rings. The Morgan fingerprint density at radius 3 is 3.08 bits per heavy atom. The molecule has 2 aromatic heterocycles. The van der Waals surface area contributed by atoms with Gasteiger partial charge in [0.15, 0.2) is 0 Å². The number of carbonyl (C=O) groups is 1. The molecule has 1 aromatic carbocycles. The van der Waals surface area contributed by atoms with Gasteiger partial charge in [0.1, 0.15) is 5.82 Å². The van der Waals surface area contributed by atoms with Crippen LogP contribution in [0.25, 0.3) is 11.0 Å². The molecule has 4 rings (SSSR count). The SMILES string of the molecule is Cc1nc2ccc(NC(=O)c3cncc4c3CCN(C)C4)cc2[nH]1. The van der Waals surface area contributed by atoms with Crippen molar-refractivity contribution < 1.29 is 4.79 Å². The highest BCUT2D eigenvalue weighted by Gasteiger charge is 2.20. The Hall–Kier alpha value is -2.73. The van der Waals surface area contributed by atoms with Crippen LogP contribution in [0.5, 0.6) is 0 Å². The maximum atomic E-state index is 12.7. The molecule has 24 heavy (non-hydrogen) atoms. The first-order valence-corrected chi connectivity index (χ1v) is 8.02. The van der Waals surface area contributed by atoms with Crippen molar-refractivity contribution in [3.63, 3.8) is 0 Å². The van der Waals surface area contributed by atoms with Gasteiger partial charge in [-0.1, -0.05) is 0 Å². The lowest BCUT2D eigenvalue weighted by Crippen LogP contribution is -2.29. The summed E-state index contributed by atoms with van der Waals surface area (Å²) in [6, 6.07) is 5.68. The molecule has 0 bridgehead atoms. The normalized spacial score (nSPS) is 14.6. The lowest BCUT2D eigenvalue weighted by Gasteiger charge is -2.26. The van der Waals surface area contributed by atoms with E-state index in [-0.39, 0.29) is 5.91 Å². The van der Waals surface area contributed by atoms with Crippen molar-refractivity contribution in [1.82, 2.24) is 19.9 Å². The van der Waals surface area contributed by atoms with E-state index >= 15 is 0 Å². The van der Waals surface area contributed by atoms with Crippen molar-refractivity contribution in [2.24, 2.45) is 0 Å². The van der Waals surface area contributed by atoms with E-state index in [1.165, 1.54) is 0 Å². The van der Waals surface area contributed by atoms with E-state index in [1.54, 1.807) is 6.20 Å². The highest BCUT2D eigenvalue weighted by molar-refractivity contribution is 6.06. The van der Waals surface area contributed by atoms with Crippen molar-refractivity contribution >= 4 is 22.6 Å². The molecule has 0 unspecified atom stereocenters. The Morgan fingerprint density at radius 2 is 2.21 bits per heavy atom. The van der Waals surface area contributed by atoms with E-state index in [4.69, 9.17) is 0 Å². The molecule has 0 atom stereocenters. The Labute approximate surface area is 139 Å². The summed E-state index contributed by atoms with van der Waals surface area (Å²) in [6.45, 7) is 3.71. The van der Waals surface area contributed by atoms with Gasteiger partial charge in [0.25, 0.3) is 5.91 Å². The molecule has 0 spiro atoms. The van der Waals surface area contributed by atoms with Crippen LogP contribution in [0.4, 0.5) is 5.69 Å². The Bertz CT molecular complexity index is 930. The fraction of sp³-hybridized carbons (Fsp3) is 0.278. The average molecular weight is 321 g/mol. The molecular formula is C18H19N5O. The predicted molar refractivity (Wildman–Crippen MR) is 93.1 cm³/mol. The van der Waals surface area contributed by atoms with Crippen molar-refractivity contribution in [3.05, 3.63) is 53.1 Å². The summed E-state index contributed by atoms with van der Waals surface area (Å²) >= 11 is 0. The fourth-order valence-corrected chi connectivity index (χ4v) is 3.24. The number of H-pyrrole nitrogens is 1. The van der Waals surface area contributed by atoms with Crippen molar-refractivity contribution in [1.29, 1.82) is 0 Å². The molecule has 0 aliphatic carbocycles. The first kappa shape index (κ1) is 14.8. The van der Waals surface area contributed by atoms with Crippen LogP contribution < -0.4 is 5.32 Å². The lowest BCUT2D eigenvalue weighted by molar-refractivity contribution is 0.102. The van der Waals surface area contributed by atoms with Gasteiger partial charge >= 0.3 is 0 Å².